The molecule has 0 spiro atoms. The number of fused-ring (bicyclic) bond motifs is 1. The van der Waals surface area contributed by atoms with Crippen LogP contribution in [0.25, 0.3) is 0 Å². The van der Waals surface area contributed by atoms with E-state index in [1.807, 2.05) is 24.3 Å². The van der Waals surface area contributed by atoms with Gasteiger partial charge in [-0.25, -0.2) is 4.98 Å². The van der Waals surface area contributed by atoms with E-state index in [0.29, 0.717) is 17.7 Å². The van der Waals surface area contributed by atoms with Gasteiger partial charge in [-0.2, -0.15) is 0 Å². The summed E-state index contributed by atoms with van der Waals surface area (Å²) in [6.07, 6.45) is 3.18. The minimum Gasteiger partial charge on any atom is -0.492 e. The number of hydrogen-bond donors (Lipinski definition) is 1. The molecule has 1 fully saturated rings. The van der Waals surface area contributed by atoms with Gasteiger partial charge in [0.1, 0.15) is 12.4 Å². The zero-order valence-corrected chi connectivity index (χ0v) is 12.4. The normalized spacial score (nSPS) is 20.5. The summed E-state index contributed by atoms with van der Waals surface area (Å²) in [5.41, 5.74) is 2.22. The van der Waals surface area contributed by atoms with Crippen molar-refractivity contribution in [2.24, 2.45) is 5.92 Å². The number of aromatic nitrogens is 1. The summed E-state index contributed by atoms with van der Waals surface area (Å²) in [6, 6.07) is 7.90. The van der Waals surface area contributed by atoms with Gasteiger partial charge in [-0.15, -0.1) is 11.3 Å². The zero-order valence-electron chi connectivity index (χ0n) is 11.5. The maximum absolute atomic E-state index is 12.3. The van der Waals surface area contributed by atoms with Gasteiger partial charge in [0.2, 0.25) is 5.91 Å². The van der Waals surface area contributed by atoms with E-state index in [1.54, 1.807) is 0 Å². The highest BCUT2D eigenvalue weighted by molar-refractivity contribution is 7.13. The van der Waals surface area contributed by atoms with Gasteiger partial charge in [0.25, 0.3) is 0 Å². The highest BCUT2D eigenvalue weighted by atomic mass is 32.1. The van der Waals surface area contributed by atoms with E-state index in [0.717, 1.165) is 23.4 Å². The maximum Gasteiger partial charge on any atom is 0.233 e. The molecule has 0 unspecified atom stereocenters. The van der Waals surface area contributed by atoms with Crippen LogP contribution in [-0.4, -0.2) is 17.5 Å². The second-order valence-electron chi connectivity index (χ2n) is 5.66. The van der Waals surface area contributed by atoms with Crippen LogP contribution in [0.5, 0.6) is 5.75 Å². The van der Waals surface area contributed by atoms with Gasteiger partial charge in [0, 0.05) is 11.3 Å². The molecule has 0 saturated heterocycles. The topological polar surface area (TPSA) is 51.2 Å². The Balaban J connectivity index is 1.43. The number of amides is 1. The smallest absolute Gasteiger partial charge is 0.233 e. The minimum absolute atomic E-state index is 0.00111. The van der Waals surface area contributed by atoms with Crippen LogP contribution in [0.4, 0.5) is 5.13 Å². The van der Waals surface area contributed by atoms with E-state index in [-0.39, 0.29) is 11.8 Å². The summed E-state index contributed by atoms with van der Waals surface area (Å²) in [4.78, 5) is 16.8. The van der Waals surface area contributed by atoms with Crippen LogP contribution in [-0.2, 0) is 11.2 Å². The molecule has 1 atom stereocenters. The summed E-state index contributed by atoms with van der Waals surface area (Å²) in [5.74, 6) is 1.37. The lowest BCUT2D eigenvalue weighted by Crippen LogP contribution is -2.32. The Labute approximate surface area is 127 Å². The molecule has 21 heavy (non-hydrogen) atoms. The van der Waals surface area contributed by atoms with E-state index < -0.39 is 0 Å². The van der Waals surface area contributed by atoms with E-state index >= 15 is 0 Å². The third kappa shape index (κ3) is 2.65. The number of hydrogen-bond acceptors (Lipinski definition) is 4. The number of nitrogens with one attached hydrogen (secondary N) is 1. The van der Waals surface area contributed by atoms with Crippen molar-refractivity contribution < 1.29 is 9.53 Å². The Kier molecular flexibility index (Phi) is 3.15. The standard InChI is InChI=1S/C16H16N2O2S/c19-15(18-16-17-13(9-21-16)10-5-6-10)12-7-11-3-1-2-4-14(11)20-8-12/h1-4,9-10,12H,5-8H2,(H,17,18,19)/t12-/m0/s1. The van der Waals surface area contributed by atoms with Crippen LogP contribution < -0.4 is 10.1 Å². The van der Waals surface area contributed by atoms with Crippen molar-refractivity contribution in [2.45, 2.75) is 25.2 Å². The number of anilines is 1. The Bertz CT molecular complexity index is 678. The molecule has 1 aliphatic carbocycles. The molecule has 1 saturated carbocycles. The largest absolute Gasteiger partial charge is 0.492 e. The molecule has 4 nitrogen and oxygen atoms in total. The van der Waals surface area contributed by atoms with Crippen molar-refractivity contribution in [2.75, 3.05) is 11.9 Å². The van der Waals surface area contributed by atoms with Gasteiger partial charge < -0.3 is 10.1 Å². The second kappa shape index (κ2) is 5.15. The number of nitrogens with zero attached hydrogens (tertiary/aromatic N) is 1. The van der Waals surface area contributed by atoms with Crippen LogP contribution >= 0.6 is 11.3 Å². The van der Waals surface area contributed by atoms with Gasteiger partial charge in [-0.3, -0.25) is 4.79 Å². The van der Waals surface area contributed by atoms with Crippen LogP contribution in [0, 0.1) is 5.92 Å². The fraction of sp³-hybridized carbons (Fsp3) is 0.375. The molecule has 4 rings (SSSR count). The van der Waals surface area contributed by atoms with Gasteiger partial charge in [-0.05, 0) is 30.9 Å². The molecule has 1 aromatic heterocycles. The van der Waals surface area contributed by atoms with Gasteiger partial charge >= 0.3 is 0 Å². The SMILES string of the molecule is O=C(Nc1nc(C2CC2)cs1)[C@@H]1COc2ccccc2C1. The summed E-state index contributed by atoms with van der Waals surface area (Å²) in [6.45, 7) is 0.434. The fourth-order valence-electron chi connectivity index (χ4n) is 2.61. The van der Waals surface area contributed by atoms with Gasteiger partial charge in [-0.1, -0.05) is 18.2 Å². The Hall–Kier alpha value is -1.88. The number of carbonyl (C=O) groups excluding carboxylic acids is 1. The number of para-hydroxylation sites is 1. The second-order valence-corrected chi connectivity index (χ2v) is 6.52. The summed E-state index contributed by atoms with van der Waals surface area (Å²) < 4.78 is 5.67. The lowest BCUT2D eigenvalue weighted by molar-refractivity contribution is -0.121. The van der Waals surface area contributed by atoms with E-state index in [1.165, 1.54) is 24.2 Å². The van der Waals surface area contributed by atoms with Crippen molar-refractivity contribution >= 4 is 22.4 Å². The Morgan fingerprint density at radius 1 is 1.33 bits per heavy atom. The van der Waals surface area contributed by atoms with E-state index in [4.69, 9.17) is 4.74 Å². The minimum atomic E-state index is -0.145. The lowest BCUT2D eigenvalue weighted by Gasteiger charge is -2.24. The lowest BCUT2D eigenvalue weighted by atomic mass is 9.96. The highest BCUT2D eigenvalue weighted by Gasteiger charge is 2.28. The molecule has 108 valence electrons. The van der Waals surface area contributed by atoms with Crippen LogP contribution in [0.15, 0.2) is 29.6 Å². The number of rotatable bonds is 3. The maximum atomic E-state index is 12.3. The van der Waals surface area contributed by atoms with Crippen molar-refractivity contribution in [3.05, 3.63) is 40.9 Å². The first-order chi connectivity index (χ1) is 10.3. The Morgan fingerprint density at radius 2 is 2.19 bits per heavy atom. The summed E-state index contributed by atoms with van der Waals surface area (Å²) in [5, 5.41) is 5.70. The quantitative estimate of drug-likeness (QED) is 0.947. The first kappa shape index (κ1) is 12.8. The molecule has 2 heterocycles. The third-order valence-electron chi connectivity index (χ3n) is 4.00. The monoisotopic (exact) mass is 300 g/mol. The molecule has 1 N–H and O–H groups in total. The predicted octanol–water partition coefficient (Wildman–Crippen LogP) is 3.21. The molecular formula is C16H16N2O2S. The molecular weight excluding hydrogens is 284 g/mol. The summed E-state index contributed by atoms with van der Waals surface area (Å²) >= 11 is 1.51. The van der Waals surface area contributed by atoms with Gasteiger partial charge in [0.15, 0.2) is 5.13 Å². The molecule has 5 heteroatoms. The van der Waals surface area contributed by atoms with Crippen molar-refractivity contribution in [1.82, 2.24) is 4.98 Å². The molecule has 1 amide bonds. The predicted molar refractivity (Wildman–Crippen MR) is 81.8 cm³/mol. The van der Waals surface area contributed by atoms with Crippen LogP contribution in [0.3, 0.4) is 0 Å². The van der Waals surface area contributed by atoms with Crippen LogP contribution in [0.2, 0.25) is 0 Å². The first-order valence-electron chi connectivity index (χ1n) is 7.26. The number of carbonyl (C=O) groups is 1. The number of thiazole rings is 1. The third-order valence-corrected chi connectivity index (χ3v) is 4.77. The van der Waals surface area contributed by atoms with E-state index in [9.17, 15) is 4.79 Å². The van der Waals surface area contributed by atoms with Crippen molar-refractivity contribution in [3.63, 3.8) is 0 Å². The number of ether oxygens (including phenoxy) is 1. The van der Waals surface area contributed by atoms with Crippen molar-refractivity contribution in [3.8, 4) is 5.75 Å². The van der Waals surface area contributed by atoms with Crippen molar-refractivity contribution in [1.29, 1.82) is 0 Å². The number of benzene rings is 1. The summed E-state index contributed by atoms with van der Waals surface area (Å²) in [7, 11) is 0. The van der Waals surface area contributed by atoms with E-state index in [2.05, 4.69) is 15.7 Å². The molecule has 0 radical (unpaired) electrons. The average molecular weight is 300 g/mol. The molecule has 2 aliphatic rings. The first-order valence-corrected chi connectivity index (χ1v) is 8.14. The zero-order chi connectivity index (χ0) is 14.2. The average Bonchev–Trinajstić information content (AvgIpc) is 3.27. The fourth-order valence-corrected chi connectivity index (χ4v) is 3.41. The Morgan fingerprint density at radius 3 is 3.05 bits per heavy atom. The molecule has 0 bridgehead atoms. The highest BCUT2D eigenvalue weighted by Crippen LogP contribution is 2.41. The molecule has 2 aromatic rings. The van der Waals surface area contributed by atoms with Gasteiger partial charge in [0.05, 0.1) is 11.6 Å². The molecule has 1 aromatic carbocycles. The molecule has 1 aliphatic heterocycles. The van der Waals surface area contributed by atoms with Crippen LogP contribution in [0.1, 0.15) is 30.0 Å².